The van der Waals surface area contributed by atoms with Crippen molar-refractivity contribution in [2.75, 3.05) is 19.4 Å². The number of nitrogens with zero attached hydrogens (tertiary/aromatic N) is 3. The molecule has 114 valence electrons. The van der Waals surface area contributed by atoms with E-state index in [1.54, 1.807) is 6.92 Å². The van der Waals surface area contributed by atoms with Crippen LogP contribution in [0, 0.1) is 6.92 Å². The molecule has 2 atom stereocenters. The standard InChI is InChI=1S/C13H18N4O4/c1-7-9(13(20)21-2)5-8(6-10(7)14)12(19)11(18)3-4-16-17-15/h5-6,11-12,18-19H,3-4,14H2,1-2H3. The highest BCUT2D eigenvalue weighted by molar-refractivity contribution is 5.92. The van der Waals surface area contributed by atoms with Crippen LogP contribution in [0.3, 0.4) is 0 Å². The average molecular weight is 294 g/mol. The molecule has 0 aromatic heterocycles. The number of carbonyl (C=O) groups is 1. The number of rotatable bonds is 6. The molecule has 8 heteroatoms. The normalized spacial score (nSPS) is 13.1. The number of esters is 1. The van der Waals surface area contributed by atoms with Gasteiger partial charge in [0.1, 0.15) is 6.10 Å². The van der Waals surface area contributed by atoms with Gasteiger partial charge < -0.3 is 20.7 Å². The van der Waals surface area contributed by atoms with E-state index in [9.17, 15) is 15.0 Å². The molecule has 8 nitrogen and oxygen atoms in total. The zero-order chi connectivity index (χ0) is 16.0. The SMILES string of the molecule is COC(=O)c1cc(C(O)C(O)CCN=[N+]=[N-])cc(N)c1C. The van der Waals surface area contributed by atoms with Crippen LogP contribution in [0.25, 0.3) is 10.4 Å². The molecule has 0 fully saturated rings. The van der Waals surface area contributed by atoms with Crippen LogP contribution < -0.4 is 5.73 Å². The Hall–Kier alpha value is -2.28. The summed E-state index contributed by atoms with van der Waals surface area (Å²) in [6.45, 7) is 1.72. The van der Waals surface area contributed by atoms with Crippen LogP contribution in [0.5, 0.6) is 0 Å². The molecule has 0 aliphatic carbocycles. The summed E-state index contributed by atoms with van der Waals surface area (Å²) in [5.74, 6) is -0.572. The third-order valence-electron chi connectivity index (χ3n) is 3.17. The first-order valence-electron chi connectivity index (χ1n) is 6.27. The first-order valence-corrected chi connectivity index (χ1v) is 6.27. The highest BCUT2D eigenvalue weighted by atomic mass is 16.5. The van der Waals surface area contributed by atoms with Crippen molar-refractivity contribution in [2.45, 2.75) is 25.6 Å². The van der Waals surface area contributed by atoms with Crippen LogP contribution in [-0.4, -0.2) is 35.9 Å². The number of carbonyl (C=O) groups excluding carboxylic acids is 1. The van der Waals surface area contributed by atoms with Gasteiger partial charge in [0.05, 0.1) is 18.8 Å². The number of ether oxygens (including phenoxy) is 1. The molecule has 0 bridgehead atoms. The number of aliphatic hydroxyl groups is 2. The van der Waals surface area contributed by atoms with Crippen LogP contribution >= 0.6 is 0 Å². The predicted octanol–water partition coefficient (Wildman–Crippen LogP) is 1.46. The van der Waals surface area contributed by atoms with Crippen molar-refractivity contribution in [3.05, 3.63) is 39.3 Å². The van der Waals surface area contributed by atoms with Crippen LogP contribution in [0.15, 0.2) is 17.2 Å². The quantitative estimate of drug-likeness (QED) is 0.239. The van der Waals surface area contributed by atoms with E-state index < -0.39 is 18.2 Å². The van der Waals surface area contributed by atoms with E-state index in [2.05, 4.69) is 14.8 Å². The van der Waals surface area contributed by atoms with Crippen LogP contribution in [0.4, 0.5) is 5.69 Å². The molecule has 4 N–H and O–H groups in total. The summed E-state index contributed by atoms with van der Waals surface area (Å²) < 4.78 is 4.65. The van der Waals surface area contributed by atoms with Gasteiger partial charge in [-0.1, -0.05) is 5.11 Å². The zero-order valence-corrected chi connectivity index (χ0v) is 11.9. The molecule has 2 unspecified atom stereocenters. The molecule has 0 aliphatic heterocycles. The van der Waals surface area contributed by atoms with Gasteiger partial charge in [0.15, 0.2) is 0 Å². The lowest BCUT2D eigenvalue weighted by atomic mass is 9.96. The Labute approximate surface area is 121 Å². The molecule has 0 radical (unpaired) electrons. The number of methoxy groups -OCH3 is 1. The highest BCUT2D eigenvalue weighted by Gasteiger charge is 2.21. The van der Waals surface area contributed by atoms with Gasteiger partial charge in [0.2, 0.25) is 0 Å². The van der Waals surface area contributed by atoms with Gasteiger partial charge in [-0.25, -0.2) is 4.79 Å². The van der Waals surface area contributed by atoms with Crippen LogP contribution in [0.2, 0.25) is 0 Å². The number of nitrogen functional groups attached to an aromatic ring is 1. The van der Waals surface area contributed by atoms with E-state index in [0.29, 0.717) is 16.8 Å². The minimum Gasteiger partial charge on any atom is -0.465 e. The van der Waals surface area contributed by atoms with Crippen LogP contribution in [-0.2, 0) is 4.74 Å². The topological polar surface area (TPSA) is 142 Å². The van der Waals surface area contributed by atoms with Crippen molar-refractivity contribution >= 4 is 11.7 Å². The maximum atomic E-state index is 11.7. The van der Waals surface area contributed by atoms with Crippen molar-refractivity contribution in [3.63, 3.8) is 0 Å². The Morgan fingerprint density at radius 3 is 2.76 bits per heavy atom. The summed E-state index contributed by atoms with van der Waals surface area (Å²) in [5.41, 5.74) is 15.4. The van der Waals surface area contributed by atoms with Gasteiger partial charge in [-0.15, -0.1) is 0 Å². The minimum atomic E-state index is -1.25. The molecule has 1 rings (SSSR count). The van der Waals surface area contributed by atoms with Crippen molar-refractivity contribution < 1.29 is 19.7 Å². The second-order valence-electron chi connectivity index (χ2n) is 4.53. The molecule has 0 saturated carbocycles. The number of hydrogen-bond acceptors (Lipinski definition) is 6. The fourth-order valence-electron chi connectivity index (χ4n) is 1.87. The van der Waals surface area contributed by atoms with Crippen molar-refractivity contribution in [2.24, 2.45) is 5.11 Å². The molecule has 0 saturated heterocycles. The summed E-state index contributed by atoms with van der Waals surface area (Å²) in [6, 6.07) is 2.92. The Morgan fingerprint density at radius 1 is 1.52 bits per heavy atom. The number of anilines is 1. The van der Waals surface area contributed by atoms with Gasteiger partial charge in [0.25, 0.3) is 0 Å². The average Bonchev–Trinajstić information content (AvgIpc) is 2.48. The lowest BCUT2D eigenvalue weighted by Crippen LogP contribution is -2.20. The van der Waals surface area contributed by atoms with Gasteiger partial charge in [0, 0.05) is 17.1 Å². The molecular formula is C13H18N4O4. The Kier molecular flexibility index (Phi) is 5.98. The molecule has 1 aromatic rings. The summed E-state index contributed by atoms with van der Waals surface area (Å²) in [4.78, 5) is 14.2. The molecular weight excluding hydrogens is 276 g/mol. The summed E-state index contributed by atoms with van der Waals surface area (Å²) in [6.07, 6.45) is -2.29. The molecule has 0 amide bonds. The molecule has 1 aromatic carbocycles. The lowest BCUT2D eigenvalue weighted by molar-refractivity contribution is 0.0149. The van der Waals surface area contributed by atoms with E-state index in [0.717, 1.165) is 0 Å². The second kappa shape index (κ2) is 7.49. The summed E-state index contributed by atoms with van der Waals surface area (Å²) in [5, 5.41) is 23.2. The van der Waals surface area contributed by atoms with Crippen molar-refractivity contribution in [3.8, 4) is 0 Å². The molecule has 21 heavy (non-hydrogen) atoms. The fourth-order valence-corrected chi connectivity index (χ4v) is 1.87. The number of benzene rings is 1. The first kappa shape index (κ1) is 16.8. The number of azide groups is 1. The number of aliphatic hydroxyl groups excluding tert-OH is 2. The number of hydrogen-bond donors (Lipinski definition) is 3. The zero-order valence-electron chi connectivity index (χ0n) is 11.9. The monoisotopic (exact) mass is 294 g/mol. The Morgan fingerprint density at radius 2 is 2.19 bits per heavy atom. The fraction of sp³-hybridized carbons (Fsp3) is 0.462. The van der Waals surface area contributed by atoms with E-state index in [-0.39, 0.29) is 18.5 Å². The van der Waals surface area contributed by atoms with Crippen molar-refractivity contribution in [1.29, 1.82) is 0 Å². The lowest BCUT2D eigenvalue weighted by Gasteiger charge is -2.19. The smallest absolute Gasteiger partial charge is 0.338 e. The number of nitrogens with two attached hydrogens (primary N) is 1. The van der Waals surface area contributed by atoms with Gasteiger partial charge in [-0.2, -0.15) is 0 Å². The van der Waals surface area contributed by atoms with Crippen LogP contribution in [0.1, 0.15) is 34.0 Å². The van der Waals surface area contributed by atoms with E-state index in [4.69, 9.17) is 11.3 Å². The van der Waals surface area contributed by atoms with Gasteiger partial charge in [-0.3, -0.25) is 0 Å². The van der Waals surface area contributed by atoms with E-state index in [1.165, 1.54) is 19.2 Å². The van der Waals surface area contributed by atoms with E-state index in [1.807, 2.05) is 0 Å². The predicted molar refractivity (Wildman–Crippen MR) is 76.5 cm³/mol. The summed E-state index contributed by atoms with van der Waals surface area (Å²) in [7, 11) is 1.25. The Balaban J connectivity index is 3.04. The van der Waals surface area contributed by atoms with E-state index >= 15 is 0 Å². The third-order valence-corrected chi connectivity index (χ3v) is 3.17. The maximum Gasteiger partial charge on any atom is 0.338 e. The first-order chi connectivity index (χ1) is 9.92. The van der Waals surface area contributed by atoms with Crippen molar-refractivity contribution in [1.82, 2.24) is 0 Å². The molecule has 0 spiro atoms. The second-order valence-corrected chi connectivity index (χ2v) is 4.53. The largest absolute Gasteiger partial charge is 0.465 e. The van der Waals surface area contributed by atoms with Gasteiger partial charge >= 0.3 is 5.97 Å². The van der Waals surface area contributed by atoms with Gasteiger partial charge in [-0.05, 0) is 42.1 Å². The minimum absolute atomic E-state index is 0.0555. The molecule has 0 heterocycles. The highest BCUT2D eigenvalue weighted by Crippen LogP contribution is 2.26. The third kappa shape index (κ3) is 4.09. The Bertz CT molecular complexity index is 570. The maximum absolute atomic E-state index is 11.7. The summed E-state index contributed by atoms with van der Waals surface area (Å²) >= 11 is 0. The molecule has 0 aliphatic rings.